The zero-order chi connectivity index (χ0) is 27.9. The van der Waals surface area contributed by atoms with E-state index in [-0.39, 0.29) is 16.1 Å². The third kappa shape index (κ3) is 5.11. The van der Waals surface area contributed by atoms with Crippen LogP contribution in [-0.2, 0) is 14.8 Å². The second kappa shape index (κ2) is 10.0. The fraction of sp³-hybridized carbons (Fsp3) is 0.321. The van der Waals surface area contributed by atoms with Gasteiger partial charge in [0.25, 0.3) is 10.0 Å². The SMILES string of the molecule is Cc1ccc(S(=O)(=O)n2cc(-c3ccccc3F)c3c(C4CNCCN4C(=O)OC(C)(C)C)ncnc32)cc1. The highest BCUT2D eigenvalue weighted by atomic mass is 32.2. The lowest BCUT2D eigenvalue weighted by molar-refractivity contribution is 0.0115. The van der Waals surface area contributed by atoms with E-state index in [1.54, 1.807) is 56.0 Å². The monoisotopic (exact) mass is 551 g/mol. The molecule has 1 amide bonds. The molecule has 9 nitrogen and oxygen atoms in total. The molecule has 0 spiro atoms. The predicted molar refractivity (Wildman–Crippen MR) is 145 cm³/mol. The molecule has 1 aliphatic heterocycles. The number of piperazine rings is 1. The molecular weight excluding hydrogens is 521 g/mol. The average Bonchev–Trinajstić information content (AvgIpc) is 3.29. The van der Waals surface area contributed by atoms with Crippen molar-refractivity contribution in [3.05, 3.63) is 78.1 Å². The molecule has 5 rings (SSSR count). The van der Waals surface area contributed by atoms with Crippen molar-refractivity contribution in [2.75, 3.05) is 19.6 Å². The van der Waals surface area contributed by atoms with Gasteiger partial charge in [0.05, 0.1) is 22.0 Å². The molecular formula is C28H30FN5O4S. The highest BCUT2D eigenvalue weighted by Crippen LogP contribution is 2.38. The van der Waals surface area contributed by atoms with E-state index in [1.165, 1.54) is 30.7 Å². The molecule has 4 aromatic rings. The quantitative estimate of drug-likeness (QED) is 0.393. The number of fused-ring (bicyclic) bond motifs is 1. The van der Waals surface area contributed by atoms with Crippen LogP contribution in [0, 0.1) is 12.7 Å². The largest absolute Gasteiger partial charge is 0.444 e. The normalized spacial score (nSPS) is 16.4. The van der Waals surface area contributed by atoms with E-state index in [9.17, 15) is 13.2 Å². The van der Waals surface area contributed by atoms with Crippen molar-refractivity contribution in [3.63, 3.8) is 0 Å². The first-order chi connectivity index (χ1) is 18.5. The van der Waals surface area contributed by atoms with Crippen LogP contribution < -0.4 is 5.32 Å². The molecule has 1 N–H and O–H groups in total. The van der Waals surface area contributed by atoms with Crippen molar-refractivity contribution < 1.29 is 22.3 Å². The summed E-state index contributed by atoms with van der Waals surface area (Å²) in [6, 6.07) is 12.0. The van der Waals surface area contributed by atoms with E-state index in [0.29, 0.717) is 36.3 Å². The molecule has 3 heterocycles. The van der Waals surface area contributed by atoms with Gasteiger partial charge < -0.3 is 10.1 Å². The lowest BCUT2D eigenvalue weighted by Crippen LogP contribution is -2.50. The maximum Gasteiger partial charge on any atom is 0.410 e. The third-order valence-corrected chi connectivity index (χ3v) is 8.17. The number of nitrogens with one attached hydrogen (secondary N) is 1. The minimum atomic E-state index is -4.10. The Bertz CT molecular complexity index is 1640. The van der Waals surface area contributed by atoms with Crippen LogP contribution in [0.25, 0.3) is 22.2 Å². The Morgan fingerprint density at radius 2 is 1.79 bits per heavy atom. The number of halogens is 1. The number of ether oxygens (including phenoxy) is 1. The Labute approximate surface area is 226 Å². The van der Waals surface area contributed by atoms with Crippen LogP contribution in [0.4, 0.5) is 9.18 Å². The number of aromatic nitrogens is 3. The second-order valence-electron chi connectivity index (χ2n) is 10.5. The van der Waals surface area contributed by atoms with E-state index in [1.807, 2.05) is 6.92 Å². The summed E-state index contributed by atoms with van der Waals surface area (Å²) in [6.45, 7) is 8.48. The molecule has 0 saturated carbocycles. The second-order valence-corrected chi connectivity index (χ2v) is 12.3. The summed E-state index contributed by atoms with van der Waals surface area (Å²) in [7, 11) is -4.10. The van der Waals surface area contributed by atoms with Gasteiger partial charge in [-0.3, -0.25) is 4.90 Å². The summed E-state index contributed by atoms with van der Waals surface area (Å²) >= 11 is 0. The molecule has 1 aliphatic rings. The number of amides is 1. The van der Waals surface area contributed by atoms with Crippen LogP contribution >= 0.6 is 0 Å². The Hall–Kier alpha value is -3.83. The summed E-state index contributed by atoms with van der Waals surface area (Å²) in [4.78, 5) is 23.7. The van der Waals surface area contributed by atoms with E-state index in [4.69, 9.17) is 4.74 Å². The zero-order valence-electron chi connectivity index (χ0n) is 22.2. The van der Waals surface area contributed by atoms with Gasteiger partial charge in [-0.15, -0.1) is 0 Å². The maximum atomic E-state index is 15.1. The number of hydrogen-bond acceptors (Lipinski definition) is 7. The molecule has 1 fully saturated rings. The van der Waals surface area contributed by atoms with Crippen molar-refractivity contribution in [2.24, 2.45) is 0 Å². The van der Waals surface area contributed by atoms with Crippen LogP contribution in [0.2, 0.25) is 0 Å². The highest BCUT2D eigenvalue weighted by molar-refractivity contribution is 7.90. The lowest BCUT2D eigenvalue weighted by Gasteiger charge is -2.37. The summed E-state index contributed by atoms with van der Waals surface area (Å²) in [5, 5.41) is 3.62. The molecule has 0 bridgehead atoms. The van der Waals surface area contributed by atoms with Gasteiger partial charge in [-0.2, -0.15) is 0 Å². The fourth-order valence-corrected chi connectivity index (χ4v) is 6.01. The molecule has 2 aromatic carbocycles. The average molecular weight is 552 g/mol. The topological polar surface area (TPSA) is 106 Å². The van der Waals surface area contributed by atoms with Crippen molar-refractivity contribution in [1.29, 1.82) is 0 Å². The van der Waals surface area contributed by atoms with Gasteiger partial charge in [-0.25, -0.2) is 31.5 Å². The maximum absolute atomic E-state index is 15.1. The fourth-order valence-electron chi connectivity index (χ4n) is 4.69. The standard InChI is InChI=1S/C28H30FN5O4S/c1-18-9-11-19(12-10-18)39(36,37)34-16-21(20-7-5-6-8-22(20)29)24-25(31-17-32-26(24)34)23-15-30-13-14-33(23)27(35)38-28(2,3)4/h5-12,16-17,23,30H,13-15H2,1-4H3. The molecule has 11 heteroatoms. The molecule has 2 aromatic heterocycles. The minimum absolute atomic E-state index is 0.0694. The number of rotatable bonds is 4. The van der Waals surface area contributed by atoms with Gasteiger partial charge >= 0.3 is 6.09 Å². The van der Waals surface area contributed by atoms with Gasteiger partial charge in [0.2, 0.25) is 0 Å². The summed E-state index contributed by atoms with van der Waals surface area (Å²) in [6.07, 6.45) is 2.14. The number of benzene rings is 2. The molecule has 0 radical (unpaired) electrons. The van der Waals surface area contributed by atoms with Gasteiger partial charge in [-0.1, -0.05) is 35.9 Å². The van der Waals surface area contributed by atoms with Crippen molar-refractivity contribution in [2.45, 2.75) is 44.2 Å². The molecule has 0 aliphatic carbocycles. The Morgan fingerprint density at radius 1 is 1.08 bits per heavy atom. The lowest BCUT2D eigenvalue weighted by atomic mass is 10.00. The summed E-state index contributed by atoms with van der Waals surface area (Å²) in [5.74, 6) is -0.523. The van der Waals surface area contributed by atoms with Crippen molar-refractivity contribution in [3.8, 4) is 11.1 Å². The van der Waals surface area contributed by atoms with E-state index >= 15 is 4.39 Å². The number of carbonyl (C=O) groups excluding carboxylic acids is 1. The molecule has 1 saturated heterocycles. The number of aryl methyl sites for hydroxylation is 1. The Morgan fingerprint density at radius 3 is 2.49 bits per heavy atom. The van der Waals surface area contributed by atoms with Crippen molar-refractivity contribution >= 4 is 27.1 Å². The first-order valence-corrected chi connectivity index (χ1v) is 14.0. The molecule has 204 valence electrons. The summed E-state index contributed by atoms with van der Waals surface area (Å²) in [5.41, 5.74) is 1.20. The zero-order valence-corrected chi connectivity index (χ0v) is 23.0. The van der Waals surface area contributed by atoms with E-state index < -0.39 is 33.6 Å². The van der Waals surface area contributed by atoms with Gasteiger partial charge in [0.1, 0.15) is 17.7 Å². The Balaban J connectivity index is 1.75. The van der Waals surface area contributed by atoms with Crippen LogP contribution in [0.5, 0.6) is 0 Å². The number of carbonyl (C=O) groups is 1. The third-order valence-electron chi connectivity index (χ3n) is 6.51. The molecule has 1 unspecified atom stereocenters. The van der Waals surface area contributed by atoms with Gasteiger partial charge in [0, 0.05) is 37.0 Å². The van der Waals surface area contributed by atoms with Gasteiger partial charge in [-0.05, 0) is 45.9 Å². The van der Waals surface area contributed by atoms with Crippen LogP contribution in [-0.4, -0.2) is 58.6 Å². The van der Waals surface area contributed by atoms with Crippen LogP contribution in [0.3, 0.4) is 0 Å². The van der Waals surface area contributed by atoms with Crippen LogP contribution in [0.15, 0.2) is 66.0 Å². The number of nitrogens with zero attached hydrogens (tertiary/aromatic N) is 4. The summed E-state index contributed by atoms with van der Waals surface area (Å²) < 4.78 is 49.5. The van der Waals surface area contributed by atoms with Gasteiger partial charge in [0.15, 0.2) is 5.65 Å². The van der Waals surface area contributed by atoms with Crippen LogP contribution in [0.1, 0.15) is 38.1 Å². The Kier molecular flexibility index (Phi) is 6.90. The molecule has 1 atom stereocenters. The smallest absolute Gasteiger partial charge is 0.410 e. The highest BCUT2D eigenvalue weighted by Gasteiger charge is 2.35. The minimum Gasteiger partial charge on any atom is -0.444 e. The first-order valence-electron chi connectivity index (χ1n) is 12.6. The first kappa shape index (κ1) is 26.8. The molecule has 39 heavy (non-hydrogen) atoms. The number of hydrogen-bond donors (Lipinski definition) is 1. The van der Waals surface area contributed by atoms with E-state index in [0.717, 1.165) is 9.54 Å². The predicted octanol–water partition coefficient (Wildman–Crippen LogP) is 4.66. The van der Waals surface area contributed by atoms with Crippen molar-refractivity contribution in [1.82, 2.24) is 24.2 Å². The van der Waals surface area contributed by atoms with E-state index in [2.05, 4.69) is 15.3 Å².